The Balaban J connectivity index is 1.61. The topological polar surface area (TPSA) is 37.6 Å². The molecule has 2 aromatic heterocycles. The van der Waals surface area contributed by atoms with Crippen LogP contribution in [0.15, 0.2) is 53.5 Å². The van der Waals surface area contributed by atoms with Gasteiger partial charge in [0, 0.05) is 36.4 Å². The fourth-order valence-electron chi connectivity index (χ4n) is 3.29. The van der Waals surface area contributed by atoms with Crippen molar-refractivity contribution >= 4 is 17.2 Å². The lowest BCUT2D eigenvalue weighted by Gasteiger charge is -2.41. The Morgan fingerprint density at radius 1 is 1.25 bits per heavy atom. The molecule has 3 aromatic rings. The van der Waals surface area contributed by atoms with Gasteiger partial charge in [-0.25, -0.2) is 4.98 Å². The molecule has 0 amide bonds. The summed E-state index contributed by atoms with van der Waals surface area (Å²) in [5, 5.41) is 0.754. The zero-order chi connectivity index (χ0) is 16.7. The molecule has 0 N–H and O–H groups in total. The molecule has 0 bridgehead atoms. The van der Waals surface area contributed by atoms with E-state index in [0.29, 0.717) is 12.6 Å². The van der Waals surface area contributed by atoms with Crippen LogP contribution in [0.2, 0.25) is 5.02 Å². The summed E-state index contributed by atoms with van der Waals surface area (Å²) in [4.78, 5) is 19.4. The molecule has 0 saturated carbocycles. The van der Waals surface area contributed by atoms with Gasteiger partial charge in [0.1, 0.15) is 5.65 Å². The fraction of sp³-hybridized carbons (Fsp3) is 0.263. The van der Waals surface area contributed by atoms with Crippen molar-refractivity contribution in [3.8, 4) is 0 Å². The molecule has 1 aliphatic heterocycles. The van der Waals surface area contributed by atoms with E-state index in [2.05, 4.69) is 17.0 Å². The number of nitrogens with zero attached hydrogens (tertiary/aromatic N) is 3. The van der Waals surface area contributed by atoms with Crippen molar-refractivity contribution in [1.82, 2.24) is 14.3 Å². The first kappa shape index (κ1) is 15.4. The summed E-state index contributed by atoms with van der Waals surface area (Å²) in [5.41, 5.74) is 3.81. The van der Waals surface area contributed by atoms with E-state index >= 15 is 0 Å². The van der Waals surface area contributed by atoms with Crippen molar-refractivity contribution in [1.29, 1.82) is 0 Å². The molecular weight excluding hydrogens is 322 g/mol. The maximum Gasteiger partial charge on any atom is 0.258 e. The van der Waals surface area contributed by atoms with Crippen LogP contribution in [0.5, 0.6) is 0 Å². The molecule has 122 valence electrons. The molecular formula is C19H18ClN3O. The largest absolute Gasteiger partial charge is 0.290 e. The van der Waals surface area contributed by atoms with Gasteiger partial charge in [-0.1, -0.05) is 29.8 Å². The van der Waals surface area contributed by atoms with Crippen LogP contribution in [0.25, 0.3) is 5.65 Å². The number of aromatic nitrogens is 2. The number of benzene rings is 1. The van der Waals surface area contributed by atoms with Gasteiger partial charge in [-0.2, -0.15) is 0 Å². The number of halogens is 1. The average Bonchev–Trinajstić information content (AvgIpc) is 2.55. The summed E-state index contributed by atoms with van der Waals surface area (Å²) in [5.74, 6) is 0. The van der Waals surface area contributed by atoms with E-state index < -0.39 is 0 Å². The van der Waals surface area contributed by atoms with Crippen molar-refractivity contribution in [2.24, 2.45) is 0 Å². The first-order valence-electron chi connectivity index (χ1n) is 8.09. The standard InChI is InChI=1S/C19H18ClN3O/c1-13-3-2-9-23-18(24)11-16(21-19(13)23)12-22-10-8-17(22)14-4-6-15(20)7-5-14/h2-7,9,11,17H,8,10,12H2,1H3/t17-/m0/s1. The first-order valence-corrected chi connectivity index (χ1v) is 8.47. The lowest BCUT2D eigenvalue weighted by atomic mass is 9.94. The molecule has 1 saturated heterocycles. The lowest BCUT2D eigenvalue weighted by Crippen LogP contribution is -2.40. The summed E-state index contributed by atoms with van der Waals surface area (Å²) in [7, 11) is 0. The van der Waals surface area contributed by atoms with Gasteiger partial charge >= 0.3 is 0 Å². The zero-order valence-corrected chi connectivity index (χ0v) is 14.2. The smallest absolute Gasteiger partial charge is 0.258 e. The van der Waals surface area contributed by atoms with Crippen LogP contribution in [0.1, 0.15) is 29.3 Å². The molecule has 4 rings (SSSR count). The van der Waals surface area contributed by atoms with Gasteiger partial charge in [-0.05, 0) is 42.7 Å². The molecule has 0 radical (unpaired) electrons. The van der Waals surface area contributed by atoms with Crippen LogP contribution >= 0.6 is 11.6 Å². The molecule has 0 spiro atoms. The van der Waals surface area contributed by atoms with Crippen LogP contribution in [0.3, 0.4) is 0 Å². The molecule has 0 aliphatic carbocycles. The third-order valence-electron chi connectivity index (χ3n) is 4.69. The predicted molar refractivity (Wildman–Crippen MR) is 95.4 cm³/mol. The van der Waals surface area contributed by atoms with Crippen LogP contribution in [-0.4, -0.2) is 20.8 Å². The second-order valence-electron chi connectivity index (χ2n) is 6.30. The van der Waals surface area contributed by atoms with E-state index in [1.54, 1.807) is 16.7 Å². The molecule has 5 heteroatoms. The van der Waals surface area contributed by atoms with Crippen LogP contribution < -0.4 is 5.56 Å². The SMILES string of the molecule is Cc1cccn2c(=O)cc(CN3CC[C@H]3c3ccc(Cl)cc3)nc12. The maximum absolute atomic E-state index is 12.3. The Morgan fingerprint density at radius 2 is 2.04 bits per heavy atom. The van der Waals surface area contributed by atoms with E-state index in [0.717, 1.165) is 34.9 Å². The van der Waals surface area contributed by atoms with Gasteiger partial charge < -0.3 is 0 Å². The minimum absolute atomic E-state index is 0.0257. The van der Waals surface area contributed by atoms with Crippen LogP contribution in [-0.2, 0) is 6.54 Å². The van der Waals surface area contributed by atoms with Gasteiger partial charge in [0.25, 0.3) is 5.56 Å². The highest BCUT2D eigenvalue weighted by Gasteiger charge is 2.29. The summed E-state index contributed by atoms with van der Waals surface area (Å²) >= 11 is 5.97. The van der Waals surface area contributed by atoms with Gasteiger partial charge in [0.15, 0.2) is 0 Å². The van der Waals surface area contributed by atoms with E-state index in [1.807, 2.05) is 31.2 Å². The minimum Gasteiger partial charge on any atom is -0.290 e. The third-order valence-corrected chi connectivity index (χ3v) is 4.94. The van der Waals surface area contributed by atoms with E-state index in [1.165, 1.54) is 5.56 Å². The average molecular weight is 340 g/mol. The van der Waals surface area contributed by atoms with Crippen molar-refractivity contribution in [3.05, 3.63) is 80.9 Å². The van der Waals surface area contributed by atoms with Crippen molar-refractivity contribution < 1.29 is 0 Å². The maximum atomic E-state index is 12.3. The van der Waals surface area contributed by atoms with E-state index in [4.69, 9.17) is 16.6 Å². The molecule has 24 heavy (non-hydrogen) atoms. The Bertz CT molecular complexity index is 949. The number of aryl methyl sites for hydroxylation is 1. The predicted octanol–water partition coefficient (Wildman–Crippen LogP) is 3.60. The quantitative estimate of drug-likeness (QED) is 0.731. The van der Waals surface area contributed by atoms with Crippen LogP contribution in [0.4, 0.5) is 0 Å². The highest BCUT2D eigenvalue weighted by molar-refractivity contribution is 6.30. The van der Waals surface area contributed by atoms with Crippen LogP contribution in [0, 0.1) is 6.92 Å². The highest BCUT2D eigenvalue weighted by atomic mass is 35.5. The number of pyridine rings is 1. The highest BCUT2D eigenvalue weighted by Crippen LogP contribution is 2.34. The number of likely N-dealkylation sites (tertiary alicyclic amines) is 1. The summed E-state index contributed by atoms with van der Waals surface area (Å²) in [6, 6.07) is 13.9. The van der Waals surface area contributed by atoms with Gasteiger partial charge in [0.05, 0.1) is 5.69 Å². The molecule has 1 aromatic carbocycles. The Morgan fingerprint density at radius 3 is 2.75 bits per heavy atom. The summed E-state index contributed by atoms with van der Waals surface area (Å²) < 4.78 is 1.60. The Hall–Kier alpha value is -2.17. The van der Waals surface area contributed by atoms with Crippen molar-refractivity contribution in [3.63, 3.8) is 0 Å². The van der Waals surface area contributed by atoms with Crippen molar-refractivity contribution in [2.45, 2.75) is 25.9 Å². The fourth-order valence-corrected chi connectivity index (χ4v) is 3.42. The number of hydrogen-bond acceptors (Lipinski definition) is 3. The molecule has 1 fully saturated rings. The Kier molecular flexibility index (Phi) is 3.87. The number of rotatable bonds is 3. The number of hydrogen-bond donors (Lipinski definition) is 0. The molecule has 1 atom stereocenters. The third kappa shape index (κ3) is 2.72. The lowest BCUT2D eigenvalue weighted by molar-refractivity contribution is 0.0804. The van der Waals surface area contributed by atoms with E-state index in [9.17, 15) is 4.79 Å². The summed E-state index contributed by atoms with van der Waals surface area (Å²) in [6.45, 7) is 3.68. The second kappa shape index (κ2) is 6.04. The number of fused-ring (bicyclic) bond motifs is 1. The monoisotopic (exact) mass is 339 g/mol. The van der Waals surface area contributed by atoms with Gasteiger partial charge in [0.2, 0.25) is 0 Å². The second-order valence-corrected chi connectivity index (χ2v) is 6.73. The van der Waals surface area contributed by atoms with E-state index in [-0.39, 0.29) is 5.56 Å². The minimum atomic E-state index is -0.0257. The van der Waals surface area contributed by atoms with Gasteiger partial charge in [-0.15, -0.1) is 0 Å². The molecule has 3 heterocycles. The van der Waals surface area contributed by atoms with Gasteiger partial charge in [-0.3, -0.25) is 14.1 Å². The summed E-state index contributed by atoms with van der Waals surface area (Å²) in [6.07, 6.45) is 2.88. The Labute approximate surface area is 145 Å². The molecule has 0 unspecified atom stereocenters. The zero-order valence-electron chi connectivity index (χ0n) is 13.4. The molecule has 4 nitrogen and oxygen atoms in total. The normalized spacial score (nSPS) is 17.8. The molecule has 1 aliphatic rings. The van der Waals surface area contributed by atoms with Crippen molar-refractivity contribution in [2.75, 3.05) is 6.54 Å². The first-order chi connectivity index (χ1) is 11.6.